The van der Waals surface area contributed by atoms with Crippen LogP contribution in [-0.4, -0.2) is 16.1 Å². The summed E-state index contributed by atoms with van der Waals surface area (Å²) in [6, 6.07) is 10.3. The van der Waals surface area contributed by atoms with E-state index < -0.39 is 5.97 Å². The van der Waals surface area contributed by atoms with Gasteiger partial charge in [0.05, 0.1) is 10.7 Å². The standard InChI is InChI=1S/C16H19NO2S/c1-2-7-13-15(16(18)19)20-14(17-13)11-6-10-12-8-4-3-5-9-12/h3-5,8-9H,2,6-7,10-11H2,1H3,(H,18,19). The van der Waals surface area contributed by atoms with Gasteiger partial charge in [0.2, 0.25) is 0 Å². The van der Waals surface area contributed by atoms with E-state index >= 15 is 0 Å². The lowest BCUT2D eigenvalue weighted by Crippen LogP contribution is -1.98. The summed E-state index contributed by atoms with van der Waals surface area (Å²) < 4.78 is 0. The Morgan fingerprint density at radius 1 is 1.20 bits per heavy atom. The lowest BCUT2D eigenvalue weighted by molar-refractivity contribution is 0.0700. The van der Waals surface area contributed by atoms with Crippen LogP contribution in [0.4, 0.5) is 0 Å². The maximum absolute atomic E-state index is 11.2. The fourth-order valence-electron chi connectivity index (χ4n) is 2.17. The van der Waals surface area contributed by atoms with Crippen LogP contribution in [0.2, 0.25) is 0 Å². The second-order valence-electron chi connectivity index (χ2n) is 4.78. The molecule has 0 unspecified atom stereocenters. The highest BCUT2D eigenvalue weighted by Gasteiger charge is 2.16. The van der Waals surface area contributed by atoms with Gasteiger partial charge in [-0.1, -0.05) is 43.7 Å². The zero-order valence-electron chi connectivity index (χ0n) is 11.6. The SMILES string of the molecule is CCCc1nc(CCCc2ccccc2)sc1C(=O)O. The molecule has 20 heavy (non-hydrogen) atoms. The largest absolute Gasteiger partial charge is 0.477 e. The van der Waals surface area contributed by atoms with Crippen molar-refractivity contribution in [2.24, 2.45) is 0 Å². The van der Waals surface area contributed by atoms with Gasteiger partial charge in [-0.25, -0.2) is 9.78 Å². The first-order chi connectivity index (χ1) is 9.70. The Bertz CT molecular complexity index is 563. The molecule has 1 N–H and O–H groups in total. The van der Waals surface area contributed by atoms with E-state index in [9.17, 15) is 9.90 Å². The van der Waals surface area contributed by atoms with Crippen LogP contribution in [0.1, 0.15) is 45.7 Å². The number of aromatic carboxylic acids is 1. The average Bonchev–Trinajstić information content (AvgIpc) is 2.84. The van der Waals surface area contributed by atoms with E-state index in [1.54, 1.807) is 0 Å². The fourth-order valence-corrected chi connectivity index (χ4v) is 3.16. The van der Waals surface area contributed by atoms with Crippen LogP contribution >= 0.6 is 11.3 Å². The minimum Gasteiger partial charge on any atom is -0.477 e. The Kier molecular flexibility index (Phi) is 5.30. The van der Waals surface area contributed by atoms with Gasteiger partial charge in [0.1, 0.15) is 4.88 Å². The Morgan fingerprint density at radius 3 is 2.60 bits per heavy atom. The van der Waals surface area contributed by atoms with Crippen molar-refractivity contribution in [2.45, 2.75) is 39.0 Å². The van der Waals surface area contributed by atoms with Gasteiger partial charge < -0.3 is 5.11 Å². The first-order valence-electron chi connectivity index (χ1n) is 6.96. The number of carbonyl (C=O) groups is 1. The summed E-state index contributed by atoms with van der Waals surface area (Å²) in [4.78, 5) is 16.1. The third-order valence-electron chi connectivity index (χ3n) is 3.12. The molecule has 0 atom stereocenters. The lowest BCUT2D eigenvalue weighted by atomic mass is 10.1. The molecule has 0 fully saturated rings. The van der Waals surface area contributed by atoms with E-state index in [2.05, 4.69) is 17.1 Å². The highest BCUT2D eigenvalue weighted by atomic mass is 32.1. The number of nitrogens with zero attached hydrogens (tertiary/aromatic N) is 1. The van der Waals surface area contributed by atoms with Crippen LogP contribution in [0.25, 0.3) is 0 Å². The van der Waals surface area contributed by atoms with Crippen LogP contribution in [-0.2, 0) is 19.3 Å². The molecule has 1 aromatic heterocycles. The Hall–Kier alpha value is -1.68. The van der Waals surface area contributed by atoms with Gasteiger partial charge in [0, 0.05) is 0 Å². The first-order valence-corrected chi connectivity index (χ1v) is 7.78. The number of aryl methyl sites for hydroxylation is 3. The van der Waals surface area contributed by atoms with Crippen LogP contribution in [0, 0.1) is 0 Å². The average molecular weight is 289 g/mol. The third-order valence-corrected chi connectivity index (χ3v) is 4.27. The number of rotatable bonds is 7. The molecular formula is C16H19NO2S. The highest BCUT2D eigenvalue weighted by Crippen LogP contribution is 2.21. The molecule has 1 aromatic carbocycles. The maximum atomic E-state index is 11.2. The van der Waals surface area contributed by atoms with Gasteiger partial charge in [0.15, 0.2) is 0 Å². The van der Waals surface area contributed by atoms with Gasteiger partial charge in [0.25, 0.3) is 0 Å². The van der Waals surface area contributed by atoms with Gasteiger partial charge in [-0.15, -0.1) is 11.3 Å². The number of hydrogen-bond acceptors (Lipinski definition) is 3. The van der Waals surface area contributed by atoms with Crippen molar-refractivity contribution >= 4 is 17.3 Å². The van der Waals surface area contributed by atoms with Crippen molar-refractivity contribution in [3.05, 3.63) is 51.5 Å². The number of carboxylic acids is 1. The molecule has 1 heterocycles. The summed E-state index contributed by atoms with van der Waals surface area (Å²) in [5.41, 5.74) is 2.07. The Morgan fingerprint density at radius 2 is 1.95 bits per heavy atom. The smallest absolute Gasteiger partial charge is 0.347 e. The number of benzene rings is 1. The van der Waals surface area contributed by atoms with Crippen molar-refractivity contribution in [3.8, 4) is 0 Å². The van der Waals surface area contributed by atoms with Crippen molar-refractivity contribution in [1.29, 1.82) is 0 Å². The van der Waals surface area contributed by atoms with Gasteiger partial charge in [-0.3, -0.25) is 0 Å². The van der Waals surface area contributed by atoms with Crippen molar-refractivity contribution in [2.75, 3.05) is 0 Å². The van der Waals surface area contributed by atoms with E-state index in [1.165, 1.54) is 16.9 Å². The summed E-state index contributed by atoms with van der Waals surface area (Å²) in [6.45, 7) is 2.04. The van der Waals surface area contributed by atoms with E-state index in [1.807, 2.05) is 25.1 Å². The van der Waals surface area contributed by atoms with Crippen LogP contribution in [0.3, 0.4) is 0 Å². The van der Waals surface area contributed by atoms with Crippen LogP contribution in [0.5, 0.6) is 0 Å². The predicted octanol–water partition coefficient (Wildman–Crippen LogP) is 3.97. The molecule has 0 radical (unpaired) electrons. The number of hydrogen-bond donors (Lipinski definition) is 1. The summed E-state index contributed by atoms with van der Waals surface area (Å²) in [5, 5.41) is 10.1. The maximum Gasteiger partial charge on any atom is 0.347 e. The molecule has 3 nitrogen and oxygen atoms in total. The second kappa shape index (κ2) is 7.20. The van der Waals surface area contributed by atoms with Crippen molar-refractivity contribution in [1.82, 2.24) is 4.98 Å². The van der Waals surface area contributed by atoms with Crippen molar-refractivity contribution < 1.29 is 9.90 Å². The van der Waals surface area contributed by atoms with Crippen LogP contribution < -0.4 is 0 Å². The summed E-state index contributed by atoms with van der Waals surface area (Å²) >= 11 is 1.33. The lowest BCUT2D eigenvalue weighted by Gasteiger charge is -1.99. The number of carboxylic acid groups (broad SMARTS) is 1. The second-order valence-corrected chi connectivity index (χ2v) is 5.86. The number of aromatic nitrogens is 1. The van der Waals surface area contributed by atoms with E-state index in [0.29, 0.717) is 4.88 Å². The van der Waals surface area contributed by atoms with Crippen LogP contribution in [0.15, 0.2) is 30.3 Å². The third kappa shape index (κ3) is 3.90. The van der Waals surface area contributed by atoms with E-state index in [-0.39, 0.29) is 0 Å². The predicted molar refractivity (Wildman–Crippen MR) is 81.5 cm³/mol. The molecule has 0 spiro atoms. The summed E-state index contributed by atoms with van der Waals surface area (Å²) in [5.74, 6) is -0.847. The molecule has 4 heteroatoms. The molecule has 0 bridgehead atoms. The van der Waals surface area contributed by atoms with E-state index in [0.717, 1.165) is 42.8 Å². The van der Waals surface area contributed by atoms with E-state index in [4.69, 9.17) is 0 Å². The highest BCUT2D eigenvalue weighted by molar-refractivity contribution is 7.13. The normalized spacial score (nSPS) is 10.7. The summed E-state index contributed by atoms with van der Waals surface area (Å²) in [7, 11) is 0. The quantitative estimate of drug-likeness (QED) is 0.839. The molecule has 0 aliphatic heterocycles. The minimum absolute atomic E-state index is 0.418. The number of thiazole rings is 1. The molecule has 2 aromatic rings. The first kappa shape index (κ1) is 14.7. The van der Waals surface area contributed by atoms with Crippen molar-refractivity contribution in [3.63, 3.8) is 0 Å². The van der Waals surface area contributed by atoms with Gasteiger partial charge in [-0.05, 0) is 31.2 Å². The topological polar surface area (TPSA) is 50.2 Å². The molecular weight excluding hydrogens is 270 g/mol. The molecule has 0 saturated heterocycles. The van der Waals surface area contributed by atoms with Gasteiger partial charge in [-0.2, -0.15) is 0 Å². The molecule has 0 aliphatic rings. The molecule has 0 aliphatic carbocycles. The zero-order valence-corrected chi connectivity index (χ0v) is 12.4. The van der Waals surface area contributed by atoms with Gasteiger partial charge >= 0.3 is 5.97 Å². The molecule has 2 rings (SSSR count). The molecule has 0 amide bonds. The monoisotopic (exact) mass is 289 g/mol. The molecule has 106 valence electrons. The fraction of sp³-hybridized carbons (Fsp3) is 0.375. The Balaban J connectivity index is 1.96. The summed E-state index contributed by atoms with van der Waals surface area (Å²) in [6.07, 6.45) is 4.53. The molecule has 0 saturated carbocycles. The Labute approximate surface area is 123 Å². The zero-order chi connectivity index (χ0) is 14.4. The minimum atomic E-state index is -0.847.